The summed E-state index contributed by atoms with van der Waals surface area (Å²) in [4.78, 5) is 21.7. The van der Waals surface area contributed by atoms with Crippen molar-refractivity contribution in [3.8, 4) is 5.75 Å². The Kier molecular flexibility index (Phi) is 3.95. The van der Waals surface area contributed by atoms with Crippen LogP contribution in [0.15, 0.2) is 24.3 Å². The molecule has 1 heterocycles. The highest BCUT2D eigenvalue weighted by molar-refractivity contribution is 6.03. The second kappa shape index (κ2) is 5.59. The van der Waals surface area contributed by atoms with Gasteiger partial charge in [-0.2, -0.15) is 18.3 Å². The number of aromatic nitrogens is 2. The molecule has 0 saturated heterocycles. The number of nitrogens with one attached hydrogen (secondary N) is 1. The Labute approximate surface area is 126 Å². The zero-order valence-corrected chi connectivity index (χ0v) is 11.5. The van der Waals surface area contributed by atoms with Crippen LogP contribution < -0.4 is 5.32 Å². The molecule has 2 rings (SSSR count). The van der Waals surface area contributed by atoms with E-state index in [1.54, 1.807) is 0 Å². The molecule has 0 saturated carbocycles. The number of carbonyl (C=O) groups is 1. The van der Waals surface area contributed by atoms with E-state index < -0.39 is 39.8 Å². The Morgan fingerprint density at radius 3 is 2.52 bits per heavy atom. The average molecular weight is 330 g/mol. The second-order valence-corrected chi connectivity index (χ2v) is 4.45. The lowest BCUT2D eigenvalue weighted by molar-refractivity contribution is -0.384. The Bertz CT molecular complexity index is 785. The molecule has 1 aromatic heterocycles. The zero-order valence-electron chi connectivity index (χ0n) is 11.5. The fourth-order valence-corrected chi connectivity index (χ4v) is 1.77. The van der Waals surface area contributed by atoms with Crippen LogP contribution in [0.25, 0.3) is 0 Å². The van der Waals surface area contributed by atoms with Gasteiger partial charge in [0.15, 0.2) is 5.69 Å². The topological polar surface area (TPSA) is 110 Å². The van der Waals surface area contributed by atoms with Crippen molar-refractivity contribution in [3.63, 3.8) is 0 Å². The Morgan fingerprint density at radius 2 is 2.04 bits per heavy atom. The smallest absolute Gasteiger partial charge is 0.433 e. The predicted octanol–water partition coefficient (Wildman–Crippen LogP) is 2.31. The standard InChI is InChI=1S/C12H9F3N4O4/c1-18-10(12(13,14)15)5-8(17-18)11(21)16-7-3-2-6(19(22)23)4-9(7)20/h2-5,20H,1H3,(H,16,21). The number of alkyl halides is 3. The van der Waals surface area contributed by atoms with E-state index in [0.717, 1.165) is 25.2 Å². The molecule has 0 unspecified atom stereocenters. The summed E-state index contributed by atoms with van der Waals surface area (Å²) >= 11 is 0. The van der Waals surface area contributed by atoms with Crippen LogP contribution in [-0.4, -0.2) is 25.7 Å². The molecule has 2 aromatic rings. The van der Waals surface area contributed by atoms with Crippen molar-refractivity contribution >= 4 is 17.3 Å². The predicted molar refractivity (Wildman–Crippen MR) is 70.9 cm³/mol. The molecule has 0 fully saturated rings. The van der Waals surface area contributed by atoms with Crippen LogP contribution in [0.1, 0.15) is 16.2 Å². The number of halogens is 3. The van der Waals surface area contributed by atoms with Gasteiger partial charge in [0.25, 0.3) is 11.6 Å². The number of rotatable bonds is 3. The van der Waals surface area contributed by atoms with Gasteiger partial charge < -0.3 is 10.4 Å². The number of hydrogen-bond donors (Lipinski definition) is 2. The number of anilines is 1. The summed E-state index contributed by atoms with van der Waals surface area (Å²) in [6.45, 7) is 0. The summed E-state index contributed by atoms with van der Waals surface area (Å²) in [6, 6.07) is 3.43. The zero-order chi connectivity index (χ0) is 17.4. The summed E-state index contributed by atoms with van der Waals surface area (Å²) in [6.07, 6.45) is -4.67. The first-order valence-electron chi connectivity index (χ1n) is 5.99. The lowest BCUT2D eigenvalue weighted by Crippen LogP contribution is -2.13. The van der Waals surface area contributed by atoms with Gasteiger partial charge in [0.1, 0.15) is 11.4 Å². The van der Waals surface area contributed by atoms with Gasteiger partial charge in [-0.1, -0.05) is 0 Å². The maximum absolute atomic E-state index is 12.6. The second-order valence-electron chi connectivity index (χ2n) is 4.45. The molecule has 122 valence electrons. The average Bonchev–Trinajstić information content (AvgIpc) is 2.83. The first-order chi connectivity index (χ1) is 10.6. The SMILES string of the molecule is Cn1nc(C(=O)Nc2ccc([N+](=O)[O-])cc2O)cc1C(F)(F)F. The minimum atomic E-state index is -4.67. The van der Waals surface area contributed by atoms with Crippen molar-refractivity contribution in [1.82, 2.24) is 9.78 Å². The van der Waals surface area contributed by atoms with Crippen LogP contribution >= 0.6 is 0 Å². The van der Waals surface area contributed by atoms with Gasteiger partial charge in [0.2, 0.25) is 0 Å². The van der Waals surface area contributed by atoms with Gasteiger partial charge in [0, 0.05) is 19.2 Å². The fourth-order valence-electron chi connectivity index (χ4n) is 1.77. The molecule has 23 heavy (non-hydrogen) atoms. The Morgan fingerprint density at radius 1 is 1.39 bits per heavy atom. The van der Waals surface area contributed by atoms with Crippen molar-refractivity contribution in [2.24, 2.45) is 7.05 Å². The number of aromatic hydroxyl groups is 1. The number of amides is 1. The highest BCUT2D eigenvalue weighted by atomic mass is 19.4. The molecule has 2 N–H and O–H groups in total. The number of phenols is 1. The summed E-state index contributed by atoms with van der Waals surface area (Å²) in [5.74, 6) is -1.60. The highest BCUT2D eigenvalue weighted by Crippen LogP contribution is 2.30. The van der Waals surface area contributed by atoms with E-state index in [-0.39, 0.29) is 5.69 Å². The minimum Gasteiger partial charge on any atom is -0.506 e. The largest absolute Gasteiger partial charge is 0.506 e. The van der Waals surface area contributed by atoms with Crippen LogP contribution in [0, 0.1) is 10.1 Å². The highest BCUT2D eigenvalue weighted by Gasteiger charge is 2.35. The molecule has 0 spiro atoms. The molecular weight excluding hydrogens is 321 g/mol. The molecule has 0 aliphatic carbocycles. The molecule has 0 radical (unpaired) electrons. The maximum Gasteiger partial charge on any atom is 0.433 e. The molecule has 1 aromatic carbocycles. The monoisotopic (exact) mass is 330 g/mol. The molecule has 0 aliphatic heterocycles. The van der Waals surface area contributed by atoms with E-state index in [2.05, 4.69) is 10.4 Å². The first kappa shape index (κ1) is 16.3. The molecule has 0 bridgehead atoms. The molecule has 0 aliphatic rings. The van der Waals surface area contributed by atoms with Crippen LogP contribution in [0.2, 0.25) is 0 Å². The third kappa shape index (κ3) is 3.39. The maximum atomic E-state index is 12.6. The third-order valence-corrected chi connectivity index (χ3v) is 2.84. The number of aryl methyl sites for hydroxylation is 1. The summed E-state index contributed by atoms with van der Waals surface area (Å²) in [5.41, 5.74) is -2.23. The van der Waals surface area contributed by atoms with Crippen LogP contribution in [0.4, 0.5) is 24.5 Å². The normalized spacial score (nSPS) is 11.3. The van der Waals surface area contributed by atoms with Gasteiger partial charge in [0.05, 0.1) is 16.7 Å². The Balaban J connectivity index is 2.25. The van der Waals surface area contributed by atoms with Crippen molar-refractivity contribution in [2.75, 3.05) is 5.32 Å². The lowest BCUT2D eigenvalue weighted by atomic mass is 10.2. The quantitative estimate of drug-likeness (QED) is 0.510. The van der Waals surface area contributed by atoms with E-state index >= 15 is 0 Å². The number of nitrogens with zero attached hydrogens (tertiary/aromatic N) is 3. The molecular formula is C12H9F3N4O4. The number of nitro benzene ring substituents is 1. The minimum absolute atomic E-state index is 0.195. The van der Waals surface area contributed by atoms with E-state index in [4.69, 9.17) is 0 Å². The number of hydrogen-bond acceptors (Lipinski definition) is 5. The molecule has 8 nitrogen and oxygen atoms in total. The van der Waals surface area contributed by atoms with Crippen molar-refractivity contribution in [3.05, 3.63) is 45.8 Å². The fraction of sp³-hybridized carbons (Fsp3) is 0.167. The van der Waals surface area contributed by atoms with Crippen molar-refractivity contribution in [1.29, 1.82) is 0 Å². The number of carbonyl (C=O) groups excluding carboxylic acids is 1. The number of non-ortho nitro benzene ring substituents is 1. The van der Waals surface area contributed by atoms with Gasteiger partial charge >= 0.3 is 6.18 Å². The first-order valence-corrected chi connectivity index (χ1v) is 5.99. The van der Waals surface area contributed by atoms with E-state index in [0.29, 0.717) is 10.7 Å². The third-order valence-electron chi connectivity index (χ3n) is 2.84. The summed E-state index contributed by atoms with van der Waals surface area (Å²) in [7, 11) is 1.03. The molecule has 0 atom stereocenters. The van der Waals surface area contributed by atoms with Crippen LogP contribution in [0.3, 0.4) is 0 Å². The number of nitro groups is 1. The molecule has 11 heteroatoms. The van der Waals surface area contributed by atoms with Gasteiger partial charge in [-0.05, 0) is 6.07 Å². The van der Waals surface area contributed by atoms with Gasteiger partial charge in [-0.25, -0.2) is 0 Å². The van der Waals surface area contributed by atoms with Crippen LogP contribution in [0.5, 0.6) is 5.75 Å². The van der Waals surface area contributed by atoms with Gasteiger partial charge in [-0.3, -0.25) is 19.6 Å². The van der Waals surface area contributed by atoms with Gasteiger partial charge in [-0.15, -0.1) is 0 Å². The summed E-state index contributed by atoms with van der Waals surface area (Å²) in [5, 5.41) is 25.7. The van der Waals surface area contributed by atoms with Crippen molar-refractivity contribution in [2.45, 2.75) is 6.18 Å². The van der Waals surface area contributed by atoms with Crippen molar-refractivity contribution < 1.29 is 28.0 Å². The lowest BCUT2D eigenvalue weighted by Gasteiger charge is -2.05. The van der Waals surface area contributed by atoms with E-state index in [1.807, 2.05) is 0 Å². The number of phenolic OH excluding ortho intramolecular Hbond substituents is 1. The number of benzene rings is 1. The summed E-state index contributed by atoms with van der Waals surface area (Å²) < 4.78 is 38.4. The molecule has 1 amide bonds. The van der Waals surface area contributed by atoms with E-state index in [1.165, 1.54) is 0 Å². The van der Waals surface area contributed by atoms with Crippen LogP contribution in [-0.2, 0) is 13.2 Å². The Hall–Kier alpha value is -3.11. The van der Waals surface area contributed by atoms with E-state index in [9.17, 15) is 33.2 Å².